The first kappa shape index (κ1) is 22.7. The van der Waals surface area contributed by atoms with Gasteiger partial charge in [0, 0.05) is 17.2 Å². The van der Waals surface area contributed by atoms with Crippen LogP contribution in [0.1, 0.15) is 30.9 Å². The quantitative estimate of drug-likeness (QED) is 0.667. The summed E-state index contributed by atoms with van der Waals surface area (Å²) in [5, 5.41) is 9.68. The molecule has 1 unspecified atom stereocenters. The molecular formula is C23H19F3N2O4. The number of halogens is 3. The Balaban J connectivity index is 2.09. The van der Waals surface area contributed by atoms with E-state index < -0.39 is 35.9 Å². The molecule has 1 aliphatic rings. The lowest BCUT2D eigenvalue weighted by atomic mass is 9.82. The van der Waals surface area contributed by atoms with Crippen LogP contribution in [-0.4, -0.2) is 12.6 Å². The van der Waals surface area contributed by atoms with Gasteiger partial charge in [-0.2, -0.15) is 5.26 Å². The number of nitrogens with two attached hydrogens (primary N) is 1. The number of allylic oxidation sites excluding steroid dienone is 2. The number of nitriles is 1. The van der Waals surface area contributed by atoms with Crippen LogP contribution in [0.3, 0.4) is 0 Å². The normalized spacial score (nSPS) is 15.8. The lowest BCUT2D eigenvalue weighted by Crippen LogP contribution is -2.26. The van der Waals surface area contributed by atoms with Crippen LogP contribution in [0.15, 0.2) is 59.2 Å². The van der Waals surface area contributed by atoms with Gasteiger partial charge in [-0.25, -0.2) is 18.0 Å². The summed E-state index contributed by atoms with van der Waals surface area (Å²) in [5.41, 5.74) is 5.86. The predicted octanol–water partition coefficient (Wildman–Crippen LogP) is 4.33. The molecule has 0 fully saturated rings. The maximum atomic E-state index is 14.0. The molecule has 9 heteroatoms. The number of rotatable bonds is 6. The van der Waals surface area contributed by atoms with Crippen LogP contribution in [0.4, 0.5) is 13.2 Å². The van der Waals surface area contributed by atoms with Gasteiger partial charge in [0.25, 0.3) is 0 Å². The highest BCUT2D eigenvalue weighted by Gasteiger charge is 2.38. The van der Waals surface area contributed by atoms with E-state index >= 15 is 0 Å². The van der Waals surface area contributed by atoms with Gasteiger partial charge < -0.3 is 19.9 Å². The third-order valence-corrected chi connectivity index (χ3v) is 4.78. The van der Waals surface area contributed by atoms with Crippen LogP contribution in [0.5, 0.6) is 5.75 Å². The largest absolute Gasteiger partial charge is 0.488 e. The highest BCUT2D eigenvalue weighted by Crippen LogP contribution is 2.43. The van der Waals surface area contributed by atoms with E-state index in [-0.39, 0.29) is 46.3 Å². The molecule has 0 saturated carbocycles. The second-order valence-corrected chi connectivity index (χ2v) is 6.82. The number of ether oxygens (including phenoxy) is 3. The minimum absolute atomic E-state index is 0.00834. The van der Waals surface area contributed by atoms with Crippen molar-refractivity contribution in [1.82, 2.24) is 0 Å². The molecule has 0 amide bonds. The third-order valence-electron chi connectivity index (χ3n) is 4.78. The van der Waals surface area contributed by atoms with Crippen molar-refractivity contribution >= 4 is 5.97 Å². The summed E-state index contributed by atoms with van der Waals surface area (Å²) >= 11 is 0. The fraction of sp³-hybridized carbons (Fsp3) is 0.217. The molecule has 1 heterocycles. The highest BCUT2D eigenvalue weighted by molar-refractivity contribution is 5.92. The highest BCUT2D eigenvalue weighted by atomic mass is 19.1. The molecule has 0 bridgehead atoms. The summed E-state index contributed by atoms with van der Waals surface area (Å²) in [5.74, 6) is -4.09. The number of carbonyl (C=O) groups excluding carboxylic acids is 1. The van der Waals surface area contributed by atoms with Crippen LogP contribution in [0, 0.1) is 28.8 Å². The summed E-state index contributed by atoms with van der Waals surface area (Å²) in [6.45, 7) is 2.73. The zero-order valence-corrected chi connectivity index (χ0v) is 17.2. The molecule has 1 aliphatic heterocycles. The first-order valence-electron chi connectivity index (χ1n) is 9.58. The smallest absolute Gasteiger partial charge is 0.338 e. The number of benzene rings is 2. The molecule has 0 spiro atoms. The zero-order valence-electron chi connectivity index (χ0n) is 17.2. The lowest BCUT2D eigenvalue weighted by molar-refractivity contribution is -0.139. The van der Waals surface area contributed by atoms with E-state index in [1.54, 1.807) is 6.92 Å². The van der Waals surface area contributed by atoms with Gasteiger partial charge >= 0.3 is 5.97 Å². The predicted molar refractivity (Wildman–Crippen MR) is 107 cm³/mol. The van der Waals surface area contributed by atoms with E-state index in [2.05, 4.69) is 0 Å². The molecular weight excluding hydrogens is 425 g/mol. The maximum Gasteiger partial charge on any atom is 0.338 e. The van der Waals surface area contributed by atoms with Gasteiger partial charge in [0.15, 0.2) is 0 Å². The van der Waals surface area contributed by atoms with Crippen molar-refractivity contribution in [2.24, 2.45) is 5.73 Å². The van der Waals surface area contributed by atoms with E-state index in [9.17, 15) is 23.2 Å². The van der Waals surface area contributed by atoms with Crippen molar-refractivity contribution in [3.8, 4) is 11.8 Å². The first-order chi connectivity index (χ1) is 15.3. The fourth-order valence-corrected chi connectivity index (χ4v) is 3.35. The van der Waals surface area contributed by atoms with Gasteiger partial charge in [0.05, 0.1) is 18.1 Å². The van der Waals surface area contributed by atoms with Crippen molar-refractivity contribution in [1.29, 1.82) is 5.26 Å². The molecule has 2 N–H and O–H groups in total. The van der Waals surface area contributed by atoms with Crippen molar-refractivity contribution in [3.63, 3.8) is 0 Å². The SMILES string of the molecule is CCOC(=O)C1=C(C)OC(N)=C(C#N)C1c1ccc(F)cc1OCc1cc(F)ccc1F. The van der Waals surface area contributed by atoms with Gasteiger partial charge in [0.2, 0.25) is 5.88 Å². The Morgan fingerprint density at radius 2 is 1.88 bits per heavy atom. The summed E-state index contributed by atoms with van der Waals surface area (Å²) < 4.78 is 57.6. The monoisotopic (exact) mass is 444 g/mol. The van der Waals surface area contributed by atoms with E-state index in [4.69, 9.17) is 19.9 Å². The average Bonchev–Trinajstić information content (AvgIpc) is 2.74. The first-order valence-corrected chi connectivity index (χ1v) is 9.58. The number of hydrogen-bond acceptors (Lipinski definition) is 6. The average molecular weight is 444 g/mol. The Hall–Kier alpha value is -3.93. The molecule has 1 atom stereocenters. The molecule has 2 aromatic rings. The van der Waals surface area contributed by atoms with Gasteiger partial charge in [-0.15, -0.1) is 0 Å². The standard InChI is InChI=1S/C23H19F3N2O4/c1-3-30-23(29)20-12(2)32-22(28)17(10-27)21(20)16-6-4-15(25)9-19(16)31-11-13-8-14(24)5-7-18(13)26/h4-9,21H,3,11,28H2,1-2H3. The van der Waals surface area contributed by atoms with Crippen LogP contribution < -0.4 is 10.5 Å². The van der Waals surface area contributed by atoms with Gasteiger partial charge in [-0.1, -0.05) is 6.07 Å². The number of hydrogen-bond donors (Lipinski definition) is 1. The summed E-state index contributed by atoms with van der Waals surface area (Å²) in [6, 6.07) is 8.22. The van der Waals surface area contributed by atoms with Crippen molar-refractivity contribution in [3.05, 3.63) is 87.8 Å². The molecule has 2 aromatic carbocycles. The van der Waals surface area contributed by atoms with E-state index in [0.29, 0.717) is 0 Å². The molecule has 0 aromatic heterocycles. The van der Waals surface area contributed by atoms with Crippen LogP contribution in [-0.2, 0) is 20.9 Å². The Morgan fingerprint density at radius 1 is 1.19 bits per heavy atom. The Bertz CT molecular complexity index is 1170. The number of nitrogens with zero attached hydrogens (tertiary/aromatic N) is 1. The minimum Gasteiger partial charge on any atom is -0.488 e. The fourth-order valence-electron chi connectivity index (χ4n) is 3.35. The van der Waals surface area contributed by atoms with E-state index in [1.807, 2.05) is 6.07 Å². The van der Waals surface area contributed by atoms with E-state index in [1.165, 1.54) is 13.0 Å². The molecule has 3 rings (SSSR count). The topological polar surface area (TPSA) is 94.6 Å². The molecule has 32 heavy (non-hydrogen) atoms. The Labute approximate surface area is 182 Å². The lowest BCUT2D eigenvalue weighted by Gasteiger charge is -2.28. The Kier molecular flexibility index (Phi) is 6.73. The van der Waals surface area contributed by atoms with Gasteiger partial charge in [-0.3, -0.25) is 0 Å². The van der Waals surface area contributed by atoms with E-state index in [0.717, 1.165) is 30.3 Å². The summed E-state index contributed by atoms with van der Waals surface area (Å²) in [4.78, 5) is 12.7. The second kappa shape index (κ2) is 9.47. The van der Waals surface area contributed by atoms with Crippen molar-refractivity contribution < 1.29 is 32.2 Å². The van der Waals surface area contributed by atoms with Crippen molar-refractivity contribution in [2.45, 2.75) is 26.4 Å². The van der Waals surface area contributed by atoms with Gasteiger partial charge in [-0.05, 0) is 38.1 Å². The molecule has 0 aliphatic carbocycles. The molecule has 6 nitrogen and oxygen atoms in total. The minimum atomic E-state index is -1.08. The Morgan fingerprint density at radius 3 is 2.56 bits per heavy atom. The molecule has 0 saturated heterocycles. The maximum absolute atomic E-state index is 14.0. The van der Waals surface area contributed by atoms with Crippen molar-refractivity contribution in [2.75, 3.05) is 6.61 Å². The third kappa shape index (κ3) is 4.54. The molecule has 166 valence electrons. The van der Waals surface area contributed by atoms with Gasteiger partial charge in [0.1, 0.15) is 47.2 Å². The zero-order chi connectivity index (χ0) is 23.4. The summed E-state index contributed by atoms with van der Waals surface area (Å²) in [6.07, 6.45) is 0. The summed E-state index contributed by atoms with van der Waals surface area (Å²) in [7, 11) is 0. The number of esters is 1. The van der Waals surface area contributed by atoms with Crippen LogP contribution in [0.25, 0.3) is 0 Å². The van der Waals surface area contributed by atoms with Crippen LogP contribution >= 0.6 is 0 Å². The second-order valence-electron chi connectivity index (χ2n) is 6.82. The number of carbonyl (C=O) groups is 1. The van der Waals surface area contributed by atoms with Crippen LogP contribution in [0.2, 0.25) is 0 Å². The molecule has 0 radical (unpaired) electrons.